The van der Waals surface area contributed by atoms with Gasteiger partial charge in [0.25, 0.3) is 0 Å². The van der Waals surface area contributed by atoms with Crippen molar-refractivity contribution in [3.63, 3.8) is 0 Å². The summed E-state index contributed by atoms with van der Waals surface area (Å²) in [5.74, 6) is 1.91. The lowest BCUT2D eigenvalue weighted by Crippen LogP contribution is -2.46. The molecule has 6 nitrogen and oxygen atoms in total. The SMILES string of the molecule is OC1CCCN(Cc2nc3ccc(OC4CCN(C5CCC5)CC4)cc3[nH]2)C1. The summed E-state index contributed by atoms with van der Waals surface area (Å²) in [6.07, 6.45) is 8.53. The van der Waals surface area contributed by atoms with E-state index < -0.39 is 0 Å². The Labute approximate surface area is 166 Å². The van der Waals surface area contributed by atoms with Gasteiger partial charge in [-0.15, -0.1) is 0 Å². The molecular weight excluding hydrogens is 352 g/mol. The number of aromatic amines is 1. The molecule has 152 valence electrons. The van der Waals surface area contributed by atoms with Crippen molar-refractivity contribution in [2.45, 2.75) is 69.7 Å². The van der Waals surface area contributed by atoms with Gasteiger partial charge in [-0.3, -0.25) is 4.90 Å². The van der Waals surface area contributed by atoms with Crippen LogP contribution in [0.15, 0.2) is 18.2 Å². The summed E-state index contributed by atoms with van der Waals surface area (Å²) in [6, 6.07) is 7.05. The topological polar surface area (TPSA) is 64.6 Å². The lowest BCUT2D eigenvalue weighted by atomic mass is 9.90. The molecule has 2 aromatic rings. The van der Waals surface area contributed by atoms with Crippen LogP contribution < -0.4 is 4.74 Å². The number of likely N-dealkylation sites (tertiary alicyclic amines) is 2. The van der Waals surface area contributed by atoms with E-state index in [-0.39, 0.29) is 6.10 Å². The molecule has 3 heterocycles. The fraction of sp³-hybridized carbons (Fsp3) is 0.682. The Morgan fingerprint density at radius 2 is 1.93 bits per heavy atom. The highest BCUT2D eigenvalue weighted by molar-refractivity contribution is 5.76. The number of piperidine rings is 2. The Morgan fingerprint density at radius 3 is 2.68 bits per heavy atom. The highest BCUT2D eigenvalue weighted by Crippen LogP contribution is 2.29. The average Bonchev–Trinajstić information content (AvgIpc) is 3.03. The molecule has 1 aromatic heterocycles. The van der Waals surface area contributed by atoms with Gasteiger partial charge in [0, 0.05) is 31.7 Å². The number of hydrogen-bond donors (Lipinski definition) is 2. The fourth-order valence-electron chi connectivity index (χ4n) is 4.88. The predicted molar refractivity (Wildman–Crippen MR) is 109 cm³/mol. The Hall–Kier alpha value is -1.63. The Kier molecular flexibility index (Phi) is 5.26. The van der Waals surface area contributed by atoms with Gasteiger partial charge in [0.05, 0.1) is 23.7 Å². The molecule has 2 saturated heterocycles. The summed E-state index contributed by atoms with van der Waals surface area (Å²) in [6.45, 7) is 4.88. The minimum Gasteiger partial charge on any atom is -0.490 e. The molecule has 3 fully saturated rings. The quantitative estimate of drug-likeness (QED) is 0.830. The number of hydrogen-bond acceptors (Lipinski definition) is 5. The maximum absolute atomic E-state index is 9.86. The van der Waals surface area contributed by atoms with Crippen molar-refractivity contribution in [2.24, 2.45) is 0 Å². The number of imidazole rings is 1. The molecule has 3 aliphatic rings. The molecule has 5 rings (SSSR count). The number of nitrogens with one attached hydrogen (secondary N) is 1. The van der Waals surface area contributed by atoms with Crippen LogP contribution in [0.4, 0.5) is 0 Å². The van der Waals surface area contributed by atoms with Gasteiger partial charge < -0.3 is 19.7 Å². The van der Waals surface area contributed by atoms with E-state index in [0.29, 0.717) is 6.10 Å². The van der Waals surface area contributed by atoms with Crippen LogP contribution in [0.25, 0.3) is 11.0 Å². The maximum atomic E-state index is 9.86. The fourth-order valence-corrected chi connectivity index (χ4v) is 4.88. The van der Waals surface area contributed by atoms with Gasteiger partial charge in [0.15, 0.2) is 0 Å². The molecule has 28 heavy (non-hydrogen) atoms. The van der Waals surface area contributed by atoms with Crippen molar-refractivity contribution >= 4 is 11.0 Å². The summed E-state index contributed by atoms with van der Waals surface area (Å²) in [7, 11) is 0. The number of aliphatic hydroxyl groups is 1. The van der Waals surface area contributed by atoms with Crippen molar-refractivity contribution in [3.05, 3.63) is 24.0 Å². The molecule has 0 amide bonds. The first-order chi connectivity index (χ1) is 13.7. The molecular formula is C22H32N4O2. The molecule has 6 heteroatoms. The van der Waals surface area contributed by atoms with Gasteiger partial charge in [0.2, 0.25) is 0 Å². The third-order valence-electron chi connectivity index (χ3n) is 6.73. The van der Waals surface area contributed by atoms with Crippen LogP contribution in [0.5, 0.6) is 5.75 Å². The second-order valence-corrected chi connectivity index (χ2v) is 8.83. The first-order valence-electron chi connectivity index (χ1n) is 11.0. The lowest BCUT2D eigenvalue weighted by Gasteiger charge is -2.41. The minimum atomic E-state index is -0.200. The largest absolute Gasteiger partial charge is 0.490 e. The first-order valence-corrected chi connectivity index (χ1v) is 11.0. The van der Waals surface area contributed by atoms with Gasteiger partial charge in [-0.25, -0.2) is 4.98 Å². The van der Waals surface area contributed by atoms with Gasteiger partial charge in [-0.1, -0.05) is 6.42 Å². The van der Waals surface area contributed by atoms with E-state index in [0.717, 1.165) is 74.0 Å². The van der Waals surface area contributed by atoms with Gasteiger partial charge >= 0.3 is 0 Å². The second kappa shape index (κ2) is 8.01. The first kappa shape index (κ1) is 18.4. The Balaban J connectivity index is 1.19. The van der Waals surface area contributed by atoms with E-state index in [9.17, 15) is 5.11 Å². The molecule has 1 aromatic carbocycles. The number of ether oxygens (including phenoxy) is 1. The highest BCUT2D eigenvalue weighted by Gasteiger charge is 2.29. The zero-order valence-corrected chi connectivity index (χ0v) is 16.6. The van der Waals surface area contributed by atoms with Gasteiger partial charge in [0.1, 0.15) is 17.7 Å². The van der Waals surface area contributed by atoms with Crippen LogP contribution in [-0.4, -0.2) is 69.3 Å². The third kappa shape index (κ3) is 4.04. The van der Waals surface area contributed by atoms with Crippen molar-refractivity contribution in [1.82, 2.24) is 19.8 Å². The molecule has 1 saturated carbocycles. The van der Waals surface area contributed by atoms with Gasteiger partial charge in [-0.05, 0) is 57.2 Å². The summed E-state index contributed by atoms with van der Waals surface area (Å²) < 4.78 is 6.30. The van der Waals surface area contributed by atoms with Crippen molar-refractivity contribution in [2.75, 3.05) is 26.2 Å². The smallest absolute Gasteiger partial charge is 0.121 e. The Bertz CT molecular complexity index is 795. The molecule has 2 N–H and O–H groups in total. The van der Waals surface area contributed by atoms with Crippen molar-refractivity contribution in [3.8, 4) is 5.75 Å². The number of rotatable bonds is 5. The van der Waals surface area contributed by atoms with Gasteiger partial charge in [-0.2, -0.15) is 0 Å². The van der Waals surface area contributed by atoms with E-state index in [4.69, 9.17) is 9.72 Å². The summed E-state index contributed by atoms with van der Waals surface area (Å²) in [4.78, 5) is 13.1. The number of nitrogens with zero attached hydrogens (tertiary/aromatic N) is 3. The molecule has 1 unspecified atom stereocenters. The number of H-pyrrole nitrogens is 1. The number of aliphatic hydroxyl groups excluding tert-OH is 1. The predicted octanol–water partition coefficient (Wildman–Crippen LogP) is 2.92. The van der Waals surface area contributed by atoms with Crippen molar-refractivity contribution in [1.29, 1.82) is 0 Å². The lowest BCUT2D eigenvalue weighted by molar-refractivity contribution is 0.0494. The minimum absolute atomic E-state index is 0.200. The summed E-state index contributed by atoms with van der Waals surface area (Å²) in [5, 5.41) is 9.86. The van der Waals surface area contributed by atoms with Crippen LogP contribution in [0.1, 0.15) is 50.8 Å². The molecule has 2 aliphatic heterocycles. The van der Waals surface area contributed by atoms with E-state index in [1.54, 1.807) is 0 Å². The van der Waals surface area contributed by atoms with E-state index in [1.807, 2.05) is 0 Å². The molecule has 0 bridgehead atoms. The number of fused-ring (bicyclic) bond motifs is 1. The maximum Gasteiger partial charge on any atom is 0.121 e. The number of β-amino-alcohol motifs (C(OH)–C–C–N with tert-alkyl or cyclic N) is 1. The number of aromatic nitrogens is 2. The van der Waals surface area contributed by atoms with Crippen LogP contribution in [-0.2, 0) is 6.54 Å². The standard InChI is InChI=1S/C22H32N4O2/c27-17-5-2-10-25(14-17)15-22-23-20-7-6-19(13-21(20)24-22)28-18-8-11-26(12-9-18)16-3-1-4-16/h6-7,13,16-18,27H,1-5,8-12,14-15H2,(H,23,24). The van der Waals surface area contributed by atoms with Crippen LogP contribution in [0.2, 0.25) is 0 Å². The zero-order valence-electron chi connectivity index (χ0n) is 16.6. The molecule has 0 spiro atoms. The van der Waals surface area contributed by atoms with E-state index >= 15 is 0 Å². The monoisotopic (exact) mass is 384 g/mol. The zero-order chi connectivity index (χ0) is 18.9. The highest BCUT2D eigenvalue weighted by atomic mass is 16.5. The average molecular weight is 385 g/mol. The van der Waals surface area contributed by atoms with Crippen LogP contribution in [0.3, 0.4) is 0 Å². The summed E-state index contributed by atoms with van der Waals surface area (Å²) in [5.41, 5.74) is 2.02. The second-order valence-electron chi connectivity index (χ2n) is 8.83. The normalized spacial score (nSPS) is 25.8. The number of benzene rings is 1. The van der Waals surface area contributed by atoms with E-state index in [2.05, 4.69) is 33.0 Å². The van der Waals surface area contributed by atoms with Crippen molar-refractivity contribution < 1.29 is 9.84 Å². The van der Waals surface area contributed by atoms with Crippen LogP contribution >= 0.6 is 0 Å². The Morgan fingerprint density at radius 1 is 1.07 bits per heavy atom. The molecule has 1 aliphatic carbocycles. The van der Waals surface area contributed by atoms with Crippen LogP contribution in [0, 0.1) is 0 Å². The third-order valence-corrected chi connectivity index (χ3v) is 6.73. The molecule has 1 atom stereocenters. The van der Waals surface area contributed by atoms with E-state index in [1.165, 1.54) is 32.4 Å². The molecule has 0 radical (unpaired) electrons. The summed E-state index contributed by atoms with van der Waals surface area (Å²) >= 11 is 0.